The fourth-order valence-corrected chi connectivity index (χ4v) is 2.45. The quantitative estimate of drug-likeness (QED) is 0.815. The Morgan fingerprint density at radius 1 is 1.25 bits per heavy atom. The molecular weight excluding hydrogens is 319 g/mol. The molecule has 0 amide bonds. The molecule has 6 heteroatoms. The van der Waals surface area contributed by atoms with Crippen molar-refractivity contribution in [2.75, 3.05) is 6.61 Å². The minimum absolute atomic E-state index is 0.379. The summed E-state index contributed by atoms with van der Waals surface area (Å²) in [7, 11) is 0. The lowest BCUT2D eigenvalue weighted by atomic mass is 10.1. The number of hydrogen-bond donors (Lipinski definition) is 0. The van der Waals surface area contributed by atoms with Crippen LogP contribution in [0.5, 0.6) is 0 Å². The standard InChI is InChI=1S/C14H11Cl3N2O/c1-3-20-19-13(10(7-18)8(2)14(19)17)9-4-5-11(15)12(16)6-9/h4-6H,3H2,1-2H3. The summed E-state index contributed by atoms with van der Waals surface area (Å²) >= 11 is 18.2. The maximum Gasteiger partial charge on any atom is 0.150 e. The van der Waals surface area contributed by atoms with Crippen molar-refractivity contribution >= 4 is 34.8 Å². The van der Waals surface area contributed by atoms with E-state index in [4.69, 9.17) is 39.6 Å². The van der Waals surface area contributed by atoms with Crippen molar-refractivity contribution in [3.63, 3.8) is 0 Å². The molecule has 2 aromatic rings. The molecule has 0 saturated heterocycles. The topological polar surface area (TPSA) is 38.0 Å². The Hall–Kier alpha value is -1.34. The van der Waals surface area contributed by atoms with Gasteiger partial charge in [-0.05, 0) is 26.0 Å². The molecule has 0 N–H and O–H groups in total. The van der Waals surface area contributed by atoms with Crippen LogP contribution in [0.2, 0.25) is 15.2 Å². The molecule has 2 rings (SSSR count). The minimum atomic E-state index is 0.379. The summed E-state index contributed by atoms with van der Waals surface area (Å²) in [5.74, 6) is 0. The fourth-order valence-electron chi connectivity index (χ4n) is 1.92. The van der Waals surface area contributed by atoms with Crippen molar-refractivity contribution < 1.29 is 4.84 Å². The van der Waals surface area contributed by atoms with Crippen molar-refractivity contribution in [2.45, 2.75) is 13.8 Å². The van der Waals surface area contributed by atoms with E-state index in [0.717, 1.165) is 5.56 Å². The molecule has 0 aliphatic heterocycles. The Morgan fingerprint density at radius 3 is 2.50 bits per heavy atom. The Bertz CT molecular complexity index is 701. The summed E-state index contributed by atoms with van der Waals surface area (Å²) in [5, 5.41) is 10.6. The number of halogens is 3. The Kier molecular flexibility index (Phi) is 4.49. The first-order valence-corrected chi connectivity index (χ1v) is 7.04. The van der Waals surface area contributed by atoms with Gasteiger partial charge in [0.1, 0.15) is 18.4 Å². The normalized spacial score (nSPS) is 10.4. The van der Waals surface area contributed by atoms with Gasteiger partial charge in [0.05, 0.1) is 15.6 Å². The molecule has 0 spiro atoms. The zero-order valence-electron chi connectivity index (χ0n) is 10.9. The van der Waals surface area contributed by atoms with Gasteiger partial charge in [0.15, 0.2) is 5.15 Å². The van der Waals surface area contributed by atoms with Gasteiger partial charge in [-0.25, -0.2) is 0 Å². The molecule has 104 valence electrons. The average Bonchev–Trinajstić information content (AvgIpc) is 2.67. The maximum atomic E-state index is 9.35. The molecule has 1 aromatic heterocycles. The minimum Gasteiger partial charge on any atom is -0.413 e. The number of nitrogens with zero attached hydrogens (tertiary/aromatic N) is 2. The van der Waals surface area contributed by atoms with Gasteiger partial charge in [0.25, 0.3) is 0 Å². The third-order valence-electron chi connectivity index (χ3n) is 2.87. The number of nitriles is 1. The summed E-state index contributed by atoms with van der Waals surface area (Å²) in [6, 6.07) is 7.29. The zero-order valence-corrected chi connectivity index (χ0v) is 13.1. The summed E-state index contributed by atoms with van der Waals surface area (Å²) in [6.07, 6.45) is 0. The van der Waals surface area contributed by atoms with E-state index in [2.05, 4.69) is 6.07 Å². The molecular formula is C14H11Cl3N2O. The highest BCUT2D eigenvalue weighted by molar-refractivity contribution is 6.42. The van der Waals surface area contributed by atoms with Crippen molar-refractivity contribution in [3.05, 3.63) is 44.5 Å². The molecule has 0 atom stereocenters. The van der Waals surface area contributed by atoms with E-state index in [9.17, 15) is 5.26 Å². The van der Waals surface area contributed by atoms with E-state index in [1.165, 1.54) is 4.73 Å². The van der Waals surface area contributed by atoms with E-state index < -0.39 is 0 Å². The van der Waals surface area contributed by atoms with Crippen LogP contribution in [0.4, 0.5) is 0 Å². The van der Waals surface area contributed by atoms with Gasteiger partial charge in [-0.2, -0.15) is 9.99 Å². The highest BCUT2D eigenvalue weighted by Crippen LogP contribution is 2.35. The smallest absolute Gasteiger partial charge is 0.150 e. The van der Waals surface area contributed by atoms with E-state index in [-0.39, 0.29) is 0 Å². The van der Waals surface area contributed by atoms with Crippen LogP contribution in [-0.4, -0.2) is 11.3 Å². The SMILES string of the molecule is CCOn1c(Cl)c(C)c(C#N)c1-c1ccc(Cl)c(Cl)c1. The van der Waals surface area contributed by atoms with Gasteiger partial charge in [-0.3, -0.25) is 0 Å². The van der Waals surface area contributed by atoms with Crippen LogP contribution in [0.1, 0.15) is 18.1 Å². The second-order valence-electron chi connectivity index (χ2n) is 4.09. The maximum absolute atomic E-state index is 9.35. The van der Waals surface area contributed by atoms with Gasteiger partial charge in [0, 0.05) is 11.1 Å². The van der Waals surface area contributed by atoms with E-state index >= 15 is 0 Å². The molecule has 0 aliphatic rings. The van der Waals surface area contributed by atoms with E-state index in [1.54, 1.807) is 25.1 Å². The van der Waals surface area contributed by atoms with Crippen LogP contribution in [0.3, 0.4) is 0 Å². The molecule has 3 nitrogen and oxygen atoms in total. The molecule has 0 unspecified atom stereocenters. The predicted molar refractivity (Wildman–Crippen MR) is 81.5 cm³/mol. The van der Waals surface area contributed by atoms with E-state index in [1.807, 2.05) is 6.92 Å². The first kappa shape index (κ1) is 15.1. The lowest BCUT2D eigenvalue weighted by Gasteiger charge is -2.11. The molecule has 0 saturated carbocycles. The summed E-state index contributed by atoms with van der Waals surface area (Å²) in [4.78, 5) is 5.51. The molecule has 20 heavy (non-hydrogen) atoms. The van der Waals surface area contributed by atoms with Crippen LogP contribution in [-0.2, 0) is 0 Å². The van der Waals surface area contributed by atoms with Crippen LogP contribution in [0, 0.1) is 18.3 Å². The number of aromatic nitrogens is 1. The Labute approximate surface area is 132 Å². The zero-order chi connectivity index (χ0) is 14.9. The summed E-state index contributed by atoms with van der Waals surface area (Å²) < 4.78 is 1.45. The average molecular weight is 330 g/mol. The number of rotatable bonds is 3. The third-order valence-corrected chi connectivity index (χ3v) is 4.04. The van der Waals surface area contributed by atoms with Gasteiger partial charge in [-0.15, -0.1) is 0 Å². The fraction of sp³-hybridized carbons (Fsp3) is 0.214. The lowest BCUT2D eigenvalue weighted by Crippen LogP contribution is -2.12. The largest absolute Gasteiger partial charge is 0.413 e. The monoisotopic (exact) mass is 328 g/mol. The van der Waals surface area contributed by atoms with Gasteiger partial charge in [0.2, 0.25) is 0 Å². The first-order chi connectivity index (χ1) is 9.51. The second-order valence-corrected chi connectivity index (χ2v) is 5.26. The van der Waals surface area contributed by atoms with Crippen molar-refractivity contribution in [1.29, 1.82) is 5.26 Å². The van der Waals surface area contributed by atoms with Crippen molar-refractivity contribution in [2.24, 2.45) is 0 Å². The third kappa shape index (κ3) is 2.47. The number of hydrogen-bond acceptors (Lipinski definition) is 2. The Morgan fingerprint density at radius 2 is 1.95 bits per heavy atom. The summed E-state index contributed by atoms with van der Waals surface area (Å²) in [5.41, 5.74) is 2.43. The molecule has 0 bridgehead atoms. The second kappa shape index (κ2) is 5.97. The first-order valence-electron chi connectivity index (χ1n) is 5.90. The molecule has 1 heterocycles. The van der Waals surface area contributed by atoms with E-state index in [0.29, 0.717) is 38.6 Å². The molecule has 0 aliphatic carbocycles. The van der Waals surface area contributed by atoms with Crippen LogP contribution < -0.4 is 4.84 Å². The lowest BCUT2D eigenvalue weighted by molar-refractivity contribution is 0.127. The highest BCUT2D eigenvalue weighted by atomic mass is 35.5. The predicted octanol–water partition coefficient (Wildman–Crippen LogP) is 4.74. The van der Waals surface area contributed by atoms with Crippen molar-refractivity contribution in [3.8, 4) is 17.3 Å². The summed E-state index contributed by atoms with van der Waals surface area (Å²) in [6.45, 7) is 4.04. The van der Waals surface area contributed by atoms with Crippen LogP contribution in [0.15, 0.2) is 18.2 Å². The van der Waals surface area contributed by atoms with Crippen LogP contribution in [0.25, 0.3) is 11.3 Å². The van der Waals surface area contributed by atoms with Gasteiger partial charge >= 0.3 is 0 Å². The molecule has 0 radical (unpaired) electrons. The van der Waals surface area contributed by atoms with Gasteiger partial charge in [-0.1, -0.05) is 40.9 Å². The molecule has 0 fully saturated rings. The molecule has 1 aromatic carbocycles. The van der Waals surface area contributed by atoms with Gasteiger partial charge < -0.3 is 4.84 Å². The van der Waals surface area contributed by atoms with Crippen LogP contribution >= 0.6 is 34.8 Å². The highest BCUT2D eigenvalue weighted by Gasteiger charge is 2.22. The Balaban J connectivity index is 2.74. The number of benzene rings is 1. The van der Waals surface area contributed by atoms with Crippen molar-refractivity contribution in [1.82, 2.24) is 4.73 Å².